The van der Waals surface area contributed by atoms with E-state index >= 15 is 0 Å². The summed E-state index contributed by atoms with van der Waals surface area (Å²) in [6, 6.07) is 0. The Labute approximate surface area is 174 Å². The molecule has 0 heterocycles. The highest BCUT2D eigenvalue weighted by Crippen LogP contribution is 2.35. The zero-order chi connectivity index (χ0) is 22.9. The van der Waals surface area contributed by atoms with Crippen molar-refractivity contribution in [2.45, 2.75) is 89.4 Å². The monoisotopic (exact) mass is 426 g/mol. The normalized spacial score (nSPS) is 22.8. The van der Waals surface area contributed by atoms with E-state index in [9.17, 15) is 20.4 Å². The third kappa shape index (κ3) is 5.87. The summed E-state index contributed by atoms with van der Waals surface area (Å²) in [7, 11) is 2.69. The van der Waals surface area contributed by atoms with Gasteiger partial charge in [-0.25, -0.2) is 0 Å². The third-order valence-corrected chi connectivity index (χ3v) is 5.61. The molecule has 0 aromatic heterocycles. The average Bonchev–Trinajstić information content (AvgIpc) is 2.70. The molecule has 29 heavy (non-hydrogen) atoms. The van der Waals surface area contributed by atoms with Crippen molar-refractivity contribution in [2.75, 3.05) is 40.6 Å². The van der Waals surface area contributed by atoms with Crippen molar-refractivity contribution in [1.29, 1.82) is 0 Å². The molecule has 0 spiro atoms. The fraction of sp³-hybridized carbons (Fsp3) is 1.00. The number of aliphatic hydroxyl groups is 4. The zero-order valence-corrected chi connectivity index (χ0v) is 19.2. The van der Waals surface area contributed by atoms with Crippen LogP contribution >= 0.6 is 0 Å². The Morgan fingerprint density at radius 2 is 1.00 bits per heavy atom. The van der Waals surface area contributed by atoms with Crippen LogP contribution in [0.2, 0.25) is 0 Å². The Balaban J connectivity index is 5.77. The molecule has 0 aliphatic rings. The summed E-state index contributed by atoms with van der Waals surface area (Å²) in [5.74, 6) is -3.36. The summed E-state index contributed by atoms with van der Waals surface area (Å²) < 4.78 is 28.1. The zero-order valence-electron chi connectivity index (χ0n) is 19.2. The summed E-state index contributed by atoms with van der Waals surface area (Å²) in [5, 5.41) is 42.6. The predicted molar refractivity (Wildman–Crippen MR) is 107 cm³/mol. The quantitative estimate of drug-likeness (QED) is 0.265. The van der Waals surface area contributed by atoms with Crippen molar-refractivity contribution in [3.05, 3.63) is 0 Å². The SMILES string of the molecule is CCOC(COCC(OC)(OCC)C(C)(O)C(O)CC)(OC)C(C)(O)C(O)CC. The maximum atomic E-state index is 11.0. The number of methoxy groups -OCH3 is 2. The maximum Gasteiger partial charge on any atom is 0.223 e. The number of hydrogen-bond acceptors (Lipinski definition) is 9. The molecule has 9 nitrogen and oxygen atoms in total. The van der Waals surface area contributed by atoms with Crippen molar-refractivity contribution in [3.63, 3.8) is 0 Å². The minimum Gasteiger partial charge on any atom is -0.390 e. The van der Waals surface area contributed by atoms with Crippen LogP contribution in [-0.2, 0) is 23.7 Å². The molecular weight excluding hydrogens is 384 g/mol. The van der Waals surface area contributed by atoms with Crippen molar-refractivity contribution in [1.82, 2.24) is 0 Å². The van der Waals surface area contributed by atoms with Gasteiger partial charge in [0.15, 0.2) is 0 Å². The second-order valence-electron chi connectivity index (χ2n) is 7.42. The molecule has 9 heteroatoms. The van der Waals surface area contributed by atoms with Gasteiger partial charge in [0.2, 0.25) is 11.6 Å². The van der Waals surface area contributed by atoms with Gasteiger partial charge in [-0.05, 0) is 40.5 Å². The highest BCUT2D eigenvalue weighted by atomic mass is 16.7. The lowest BCUT2D eigenvalue weighted by Gasteiger charge is -2.47. The summed E-state index contributed by atoms with van der Waals surface area (Å²) in [6.45, 7) is 9.51. The molecule has 0 radical (unpaired) electrons. The highest BCUT2D eigenvalue weighted by Gasteiger charge is 2.56. The van der Waals surface area contributed by atoms with E-state index in [2.05, 4.69) is 0 Å². The Hall–Kier alpha value is -0.360. The van der Waals surface area contributed by atoms with Crippen LogP contribution in [0.4, 0.5) is 0 Å². The fourth-order valence-corrected chi connectivity index (χ4v) is 3.41. The first-order valence-electron chi connectivity index (χ1n) is 10.2. The van der Waals surface area contributed by atoms with Crippen molar-refractivity contribution in [3.8, 4) is 0 Å². The van der Waals surface area contributed by atoms with Crippen LogP contribution in [-0.4, -0.2) is 96.1 Å². The molecule has 0 amide bonds. The summed E-state index contributed by atoms with van der Waals surface area (Å²) in [5.41, 5.74) is -3.58. The highest BCUT2D eigenvalue weighted by molar-refractivity contribution is 4.99. The van der Waals surface area contributed by atoms with Crippen LogP contribution in [0.1, 0.15) is 54.4 Å². The van der Waals surface area contributed by atoms with Gasteiger partial charge >= 0.3 is 0 Å². The largest absolute Gasteiger partial charge is 0.390 e. The van der Waals surface area contributed by atoms with E-state index < -0.39 is 35.0 Å². The lowest BCUT2D eigenvalue weighted by Crippen LogP contribution is -2.66. The molecule has 0 saturated heterocycles. The number of hydrogen-bond donors (Lipinski definition) is 4. The van der Waals surface area contributed by atoms with Crippen molar-refractivity contribution >= 4 is 0 Å². The smallest absolute Gasteiger partial charge is 0.223 e. The van der Waals surface area contributed by atoms with Crippen molar-refractivity contribution in [2.24, 2.45) is 0 Å². The van der Waals surface area contributed by atoms with Crippen LogP contribution < -0.4 is 0 Å². The molecule has 0 aromatic rings. The van der Waals surface area contributed by atoms with Gasteiger partial charge in [-0.15, -0.1) is 0 Å². The molecule has 0 rings (SSSR count). The summed E-state index contributed by atoms with van der Waals surface area (Å²) >= 11 is 0. The minimum absolute atomic E-state index is 0.191. The van der Waals surface area contributed by atoms with E-state index in [1.54, 1.807) is 27.7 Å². The summed E-state index contributed by atoms with van der Waals surface area (Å²) in [4.78, 5) is 0. The molecule has 0 saturated carbocycles. The van der Waals surface area contributed by atoms with Gasteiger partial charge in [0.05, 0.1) is 12.2 Å². The first-order chi connectivity index (χ1) is 13.4. The first kappa shape index (κ1) is 28.6. The van der Waals surface area contributed by atoms with Crippen LogP contribution in [0, 0.1) is 0 Å². The van der Waals surface area contributed by atoms with Gasteiger partial charge in [-0.1, -0.05) is 13.8 Å². The minimum atomic E-state index is -1.79. The van der Waals surface area contributed by atoms with Crippen LogP contribution in [0.5, 0.6) is 0 Å². The number of rotatable bonds is 16. The van der Waals surface area contributed by atoms with E-state index in [0.717, 1.165) is 0 Å². The second-order valence-corrected chi connectivity index (χ2v) is 7.42. The Bertz CT molecular complexity index is 417. The second kappa shape index (κ2) is 11.9. The Morgan fingerprint density at radius 1 is 0.690 bits per heavy atom. The molecular formula is C20H42O9. The van der Waals surface area contributed by atoms with Crippen LogP contribution in [0.25, 0.3) is 0 Å². The van der Waals surface area contributed by atoms with E-state index in [0.29, 0.717) is 0 Å². The first-order valence-corrected chi connectivity index (χ1v) is 10.2. The van der Waals surface area contributed by atoms with Gasteiger partial charge in [-0.2, -0.15) is 0 Å². The molecule has 6 atom stereocenters. The summed E-state index contributed by atoms with van der Waals surface area (Å²) in [6.07, 6.45) is -1.74. The molecule has 4 N–H and O–H groups in total. The molecule has 176 valence electrons. The van der Waals surface area contributed by atoms with E-state index in [-0.39, 0.29) is 39.3 Å². The molecule has 0 fully saturated rings. The van der Waals surface area contributed by atoms with Gasteiger partial charge in [0.1, 0.15) is 24.4 Å². The number of aliphatic hydroxyl groups excluding tert-OH is 2. The van der Waals surface area contributed by atoms with E-state index in [4.69, 9.17) is 23.7 Å². The lowest BCUT2D eigenvalue weighted by molar-refractivity contribution is -0.367. The molecule has 6 unspecified atom stereocenters. The van der Waals surface area contributed by atoms with E-state index in [1.165, 1.54) is 28.1 Å². The van der Waals surface area contributed by atoms with Crippen LogP contribution in [0.15, 0.2) is 0 Å². The maximum absolute atomic E-state index is 11.0. The van der Waals surface area contributed by atoms with Crippen LogP contribution in [0.3, 0.4) is 0 Å². The Kier molecular flexibility index (Phi) is 11.7. The van der Waals surface area contributed by atoms with Gasteiger partial charge in [-0.3, -0.25) is 0 Å². The average molecular weight is 427 g/mol. The van der Waals surface area contributed by atoms with Gasteiger partial charge < -0.3 is 44.1 Å². The predicted octanol–water partition coefficient (Wildman–Crippen LogP) is 0.805. The van der Waals surface area contributed by atoms with Gasteiger partial charge in [0, 0.05) is 27.4 Å². The van der Waals surface area contributed by atoms with Crippen molar-refractivity contribution < 1.29 is 44.1 Å². The molecule has 0 bridgehead atoms. The van der Waals surface area contributed by atoms with Gasteiger partial charge in [0.25, 0.3) is 0 Å². The standard InChI is InChI=1S/C20H42O9/c1-9-15(21)17(5,23)19(25-7,28-11-3)13-27-14-20(26-8,29-12-4)18(6,24)16(22)10-2/h15-16,21-24H,9-14H2,1-8H3. The molecule has 0 aliphatic carbocycles. The Morgan fingerprint density at radius 3 is 1.21 bits per heavy atom. The topological polar surface area (TPSA) is 127 Å². The molecule has 0 aromatic carbocycles. The van der Waals surface area contributed by atoms with E-state index in [1.807, 2.05) is 0 Å². The molecule has 0 aliphatic heterocycles. The lowest BCUT2D eigenvalue weighted by atomic mass is 9.86. The number of ether oxygens (including phenoxy) is 5. The fourth-order valence-electron chi connectivity index (χ4n) is 3.41. The third-order valence-electron chi connectivity index (χ3n) is 5.61.